The van der Waals surface area contributed by atoms with Crippen molar-refractivity contribution < 1.29 is 23.7 Å². The van der Waals surface area contributed by atoms with Crippen molar-refractivity contribution in [1.82, 2.24) is 10.6 Å². The highest BCUT2D eigenvalue weighted by Gasteiger charge is 2.68. The molecule has 4 aliphatic rings. The van der Waals surface area contributed by atoms with Crippen LogP contribution in [0.4, 0.5) is 0 Å². The molecule has 6 atom stereocenters. The molecule has 39 heavy (non-hydrogen) atoms. The topological polar surface area (TPSA) is 93.7 Å². The predicted molar refractivity (Wildman–Crippen MR) is 156 cm³/mol. The van der Waals surface area contributed by atoms with Gasteiger partial charge in [-0.3, -0.25) is 14.4 Å². The Kier molecular flexibility index (Phi) is 11.5. The van der Waals surface area contributed by atoms with Gasteiger partial charge in [0.1, 0.15) is 5.78 Å². The van der Waals surface area contributed by atoms with E-state index in [1.54, 1.807) is 0 Å². The van der Waals surface area contributed by atoms with E-state index in [1.165, 1.54) is 39.0 Å². The second-order valence-electron chi connectivity index (χ2n) is 13.8. The summed E-state index contributed by atoms with van der Waals surface area (Å²) in [5.74, 6) is 0.201. The van der Waals surface area contributed by atoms with Crippen LogP contribution in [0, 0.1) is 29.1 Å². The predicted octanol–water partition coefficient (Wildman–Crippen LogP) is 5.64. The monoisotopic (exact) mass is 546 g/mol. The van der Waals surface area contributed by atoms with Gasteiger partial charge in [-0.15, -0.1) is 0 Å². The molecule has 3 saturated carbocycles. The summed E-state index contributed by atoms with van der Waals surface area (Å²) >= 11 is 0. The number of Topliss-reactive ketones (excluding diaryl/α,β-unsaturated/α-hetero) is 1. The molecule has 0 radical (unpaired) electrons. The fourth-order valence-corrected chi connectivity index (χ4v) is 7.30. The Morgan fingerprint density at radius 1 is 1.00 bits per heavy atom. The van der Waals surface area contributed by atoms with Crippen molar-refractivity contribution in [2.24, 2.45) is 29.1 Å². The first kappa shape index (κ1) is 32.1. The SMILES string of the molecule is CCCCCCCCCC(=O)C[C@@H](CNC(C)=O)C(=O)N[C@@H](CC(C)C)B1O[C@@H]2C[C@H]3C[C@H](C3(C)C)[C@]2(C)O1. The average molecular weight is 547 g/mol. The molecule has 8 heteroatoms. The minimum Gasteiger partial charge on any atom is -0.404 e. The van der Waals surface area contributed by atoms with Gasteiger partial charge in [0.25, 0.3) is 0 Å². The number of hydrogen-bond donors (Lipinski definition) is 2. The van der Waals surface area contributed by atoms with Gasteiger partial charge in [0.2, 0.25) is 11.8 Å². The lowest BCUT2D eigenvalue weighted by Crippen LogP contribution is -2.65. The van der Waals surface area contributed by atoms with Gasteiger partial charge in [0.15, 0.2) is 0 Å². The van der Waals surface area contributed by atoms with Gasteiger partial charge in [-0.05, 0) is 55.8 Å². The van der Waals surface area contributed by atoms with Crippen LogP contribution < -0.4 is 10.6 Å². The van der Waals surface area contributed by atoms with Gasteiger partial charge in [-0.1, -0.05) is 73.1 Å². The van der Waals surface area contributed by atoms with Crippen LogP contribution in [0.1, 0.15) is 126 Å². The van der Waals surface area contributed by atoms with Crippen LogP contribution in [-0.2, 0) is 23.7 Å². The Hall–Kier alpha value is -1.41. The van der Waals surface area contributed by atoms with Crippen molar-refractivity contribution in [1.29, 1.82) is 0 Å². The fourth-order valence-electron chi connectivity index (χ4n) is 7.30. The van der Waals surface area contributed by atoms with Crippen LogP contribution in [0.5, 0.6) is 0 Å². The zero-order valence-electron chi connectivity index (χ0n) is 25.8. The molecule has 2 bridgehead atoms. The number of carbonyl (C=O) groups is 3. The number of carbonyl (C=O) groups excluding carboxylic acids is 3. The van der Waals surface area contributed by atoms with E-state index in [0.29, 0.717) is 24.2 Å². The molecule has 222 valence electrons. The number of hydrogen-bond acceptors (Lipinski definition) is 5. The zero-order valence-corrected chi connectivity index (χ0v) is 25.8. The number of amides is 2. The molecule has 2 N–H and O–H groups in total. The lowest BCUT2D eigenvalue weighted by Gasteiger charge is -2.64. The first-order chi connectivity index (χ1) is 18.4. The molecular formula is C31H55BN2O5. The van der Waals surface area contributed by atoms with Crippen LogP contribution in [0.2, 0.25) is 0 Å². The van der Waals surface area contributed by atoms with Crippen LogP contribution >= 0.6 is 0 Å². The van der Waals surface area contributed by atoms with Crippen LogP contribution in [0.3, 0.4) is 0 Å². The third-order valence-corrected chi connectivity index (χ3v) is 9.85. The number of rotatable bonds is 17. The summed E-state index contributed by atoms with van der Waals surface area (Å²) in [5, 5.41) is 5.96. The Morgan fingerprint density at radius 3 is 2.28 bits per heavy atom. The molecule has 0 spiro atoms. The third-order valence-electron chi connectivity index (χ3n) is 9.85. The van der Waals surface area contributed by atoms with E-state index in [2.05, 4.69) is 52.2 Å². The van der Waals surface area contributed by atoms with E-state index in [0.717, 1.165) is 32.1 Å². The smallest absolute Gasteiger partial charge is 0.404 e. The number of ketones is 1. The summed E-state index contributed by atoms with van der Waals surface area (Å²) in [4.78, 5) is 38.0. The highest BCUT2D eigenvalue weighted by molar-refractivity contribution is 6.47. The molecule has 2 amide bonds. The van der Waals surface area contributed by atoms with Crippen molar-refractivity contribution in [2.75, 3.05) is 6.54 Å². The minimum absolute atomic E-state index is 0.0459. The lowest BCUT2D eigenvalue weighted by atomic mass is 9.43. The summed E-state index contributed by atoms with van der Waals surface area (Å²) in [6, 6.07) is 0. The maximum atomic E-state index is 13.6. The van der Waals surface area contributed by atoms with Gasteiger partial charge >= 0.3 is 7.12 Å². The summed E-state index contributed by atoms with van der Waals surface area (Å²) in [6.45, 7) is 14.9. The van der Waals surface area contributed by atoms with E-state index in [-0.39, 0.29) is 53.6 Å². The van der Waals surface area contributed by atoms with Crippen LogP contribution in [0.25, 0.3) is 0 Å². The van der Waals surface area contributed by atoms with Gasteiger partial charge in [-0.25, -0.2) is 0 Å². The Labute approximate surface area is 237 Å². The van der Waals surface area contributed by atoms with Crippen LogP contribution in [-0.4, -0.2) is 48.9 Å². The number of nitrogens with one attached hydrogen (secondary N) is 2. The second-order valence-corrected chi connectivity index (χ2v) is 13.8. The van der Waals surface area contributed by atoms with E-state index in [9.17, 15) is 14.4 Å². The maximum Gasteiger partial charge on any atom is 0.481 e. The van der Waals surface area contributed by atoms with Gasteiger partial charge in [0.05, 0.1) is 23.6 Å². The Bertz CT molecular complexity index is 849. The third kappa shape index (κ3) is 8.09. The van der Waals surface area contributed by atoms with Crippen molar-refractivity contribution >= 4 is 24.7 Å². The molecule has 0 aromatic heterocycles. The van der Waals surface area contributed by atoms with Gasteiger partial charge < -0.3 is 19.9 Å². The summed E-state index contributed by atoms with van der Waals surface area (Å²) < 4.78 is 13.2. The normalized spacial score (nSPS) is 28.4. The molecule has 7 nitrogen and oxygen atoms in total. The van der Waals surface area contributed by atoms with Crippen molar-refractivity contribution in [3.05, 3.63) is 0 Å². The minimum atomic E-state index is -0.605. The molecule has 4 rings (SSSR count). The molecule has 0 aromatic carbocycles. The van der Waals surface area contributed by atoms with Crippen molar-refractivity contribution in [2.45, 2.75) is 143 Å². The summed E-state index contributed by atoms with van der Waals surface area (Å²) in [7, 11) is -0.508. The Balaban J connectivity index is 1.59. The van der Waals surface area contributed by atoms with Crippen LogP contribution in [0.15, 0.2) is 0 Å². The van der Waals surface area contributed by atoms with Gasteiger partial charge in [0, 0.05) is 26.3 Å². The van der Waals surface area contributed by atoms with E-state index in [1.807, 2.05) is 0 Å². The lowest BCUT2D eigenvalue weighted by molar-refractivity contribution is -0.199. The maximum absolute atomic E-state index is 13.6. The second kappa shape index (κ2) is 14.0. The fraction of sp³-hybridized carbons (Fsp3) is 0.903. The average Bonchev–Trinajstić information content (AvgIpc) is 3.22. The van der Waals surface area contributed by atoms with E-state index in [4.69, 9.17) is 9.31 Å². The highest BCUT2D eigenvalue weighted by Crippen LogP contribution is 2.65. The molecule has 1 aliphatic heterocycles. The number of unbranched alkanes of at least 4 members (excludes halogenated alkanes) is 6. The molecule has 0 aromatic rings. The van der Waals surface area contributed by atoms with Crippen molar-refractivity contribution in [3.8, 4) is 0 Å². The largest absolute Gasteiger partial charge is 0.481 e. The molecular weight excluding hydrogens is 491 g/mol. The zero-order chi connectivity index (χ0) is 28.8. The molecule has 4 fully saturated rings. The van der Waals surface area contributed by atoms with Gasteiger partial charge in [-0.2, -0.15) is 0 Å². The first-order valence-electron chi connectivity index (χ1n) is 15.8. The molecule has 3 aliphatic carbocycles. The quantitative estimate of drug-likeness (QED) is 0.182. The molecule has 1 saturated heterocycles. The van der Waals surface area contributed by atoms with Crippen molar-refractivity contribution in [3.63, 3.8) is 0 Å². The molecule has 1 heterocycles. The van der Waals surface area contributed by atoms with E-state index < -0.39 is 13.0 Å². The molecule has 0 unspecified atom stereocenters. The summed E-state index contributed by atoms with van der Waals surface area (Å²) in [6.07, 6.45) is 11.6. The standard InChI is InChI=1S/C31H55BN2O5/c1-8-9-10-11-12-13-14-15-25(36)17-23(20-33-22(4)35)29(37)34-28(16-21(2)3)32-38-27-19-24-18-26(30(24,5)6)31(27,7)39-32/h21,23-24,26-28H,8-20H2,1-7H3,(H,33,35)(H,34,37)/t23-,24+,26+,27+,28-,31-/m0/s1. The highest BCUT2D eigenvalue weighted by atomic mass is 16.7. The van der Waals surface area contributed by atoms with E-state index >= 15 is 0 Å². The summed E-state index contributed by atoms with van der Waals surface area (Å²) in [5.41, 5.74) is -0.0927. The first-order valence-corrected chi connectivity index (χ1v) is 15.8. The Morgan fingerprint density at radius 2 is 1.67 bits per heavy atom.